The van der Waals surface area contributed by atoms with Gasteiger partial charge < -0.3 is 19.9 Å². The molecule has 4 rings (SSSR count). The van der Waals surface area contributed by atoms with Crippen LogP contribution in [-0.4, -0.2) is 56.6 Å². The largest absolute Gasteiger partial charge is 0.471 e. The average molecular weight is 387 g/mol. The zero-order chi connectivity index (χ0) is 19.5. The van der Waals surface area contributed by atoms with Gasteiger partial charge in [-0.3, -0.25) is 0 Å². The van der Waals surface area contributed by atoms with E-state index in [1.54, 1.807) is 23.8 Å². The molecule has 0 bridgehead atoms. The summed E-state index contributed by atoms with van der Waals surface area (Å²) < 4.78 is 28.0. The molecule has 2 atom stereocenters. The number of hydrogen-bond donors (Lipinski definition) is 2. The molecule has 3 aromatic rings. The van der Waals surface area contributed by atoms with Crippen molar-refractivity contribution in [2.45, 2.75) is 32.0 Å². The maximum atomic E-state index is 15.0. The van der Waals surface area contributed by atoms with Gasteiger partial charge in [-0.25, -0.2) is 4.52 Å². The summed E-state index contributed by atoms with van der Waals surface area (Å²) >= 11 is 0. The molecule has 3 aromatic heterocycles. The van der Waals surface area contributed by atoms with Crippen LogP contribution in [0.1, 0.15) is 19.8 Å². The van der Waals surface area contributed by atoms with Gasteiger partial charge in [-0.15, -0.1) is 0 Å². The molecule has 0 unspecified atom stereocenters. The molecule has 1 fully saturated rings. The Morgan fingerprint density at radius 3 is 3.00 bits per heavy atom. The second-order valence-electron chi connectivity index (χ2n) is 6.76. The third-order valence-corrected chi connectivity index (χ3v) is 4.56. The molecule has 0 aromatic carbocycles. The lowest BCUT2D eigenvalue weighted by Gasteiger charge is -2.24. The average Bonchev–Trinajstić information content (AvgIpc) is 3.15. The Kier molecular flexibility index (Phi) is 5.36. The molecule has 2 N–H and O–H groups in total. The lowest BCUT2D eigenvalue weighted by Crippen LogP contribution is -2.37. The Morgan fingerprint density at radius 1 is 1.36 bits per heavy atom. The Bertz CT molecular complexity index is 958. The van der Waals surface area contributed by atoms with Gasteiger partial charge in [0.2, 0.25) is 5.82 Å². The van der Waals surface area contributed by atoms with E-state index < -0.39 is 11.9 Å². The van der Waals surface area contributed by atoms with Crippen molar-refractivity contribution in [2.75, 3.05) is 19.7 Å². The number of hydrogen-bond acceptors (Lipinski definition) is 7. The predicted octanol–water partition coefficient (Wildman–Crippen LogP) is 1.82. The lowest BCUT2D eigenvalue weighted by atomic mass is 10.1. The smallest absolute Gasteiger partial charge is 0.258 e. The van der Waals surface area contributed by atoms with Crippen LogP contribution in [0, 0.1) is 5.82 Å². The van der Waals surface area contributed by atoms with Gasteiger partial charge >= 0.3 is 0 Å². The van der Waals surface area contributed by atoms with Crippen LogP contribution in [0.5, 0.6) is 11.8 Å². The molecule has 0 aliphatic carbocycles. The van der Waals surface area contributed by atoms with Crippen molar-refractivity contribution in [1.82, 2.24) is 24.9 Å². The number of aromatic nitrogens is 4. The third kappa shape index (κ3) is 3.76. The highest BCUT2D eigenvalue weighted by Gasteiger charge is 2.24. The van der Waals surface area contributed by atoms with Crippen molar-refractivity contribution in [3.63, 3.8) is 0 Å². The number of aliphatic hydroxyl groups excluding tert-OH is 1. The van der Waals surface area contributed by atoms with E-state index in [1.165, 1.54) is 0 Å². The number of nitrogens with zero attached hydrogens (tertiary/aromatic N) is 4. The van der Waals surface area contributed by atoms with Crippen molar-refractivity contribution in [2.24, 2.45) is 0 Å². The van der Waals surface area contributed by atoms with E-state index in [0.717, 1.165) is 24.9 Å². The quantitative estimate of drug-likeness (QED) is 0.666. The molecular formula is C19H22FN5O3. The Labute approximate surface area is 161 Å². The summed E-state index contributed by atoms with van der Waals surface area (Å²) in [6.07, 6.45) is 4.38. The van der Waals surface area contributed by atoms with Gasteiger partial charge in [-0.1, -0.05) is 6.07 Å². The second kappa shape index (κ2) is 8.07. The van der Waals surface area contributed by atoms with Crippen LogP contribution in [-0.2, 0) is 0 Å². The predicted molar refractivity (Wildman–Crippen MR) is 99.9 cm³/mol. The van der Waals surface area contributed by atoms with Gasteiger partial charge in [0.1, 0.15) is 12.2 Å². The van der Waals surface area contributed by atoms with E-state index in [9.17, 15) is 9.50 Å². The molecule has 8 nitrogen and oxygen atoms in total. The van der Waals surface area contributed by atoms with Crippen molar-refractivity contribution in [3.8, 4) is 23.1 Å². The van der Waals surface area contributed by atoms with Crippen LogP contribution in [0.4, 0.5) is 4.39 Å². The van der Waals surface area contributed by atoms with Crippen molar-refractivity contribution >= 4 is 5.52 Å². The Balaban J connectivity index is 1.76. The van der Waals surface area contributed by atoms with Crippen LogP contribution in [0.2, 0.25) is 0 Å². The second-order valence-corrected chi connectivity index (χ2v) is 6.76. The number of nitrogens with one attached hydrogen (secondary N) is 1. The molecule has 0 saturated carbocycles. The fraction of sp³-hybridized carbons (Fsp3) is 0.421. The minimum absolute atomic E-state index is 0.158. The number of halogens is 1. The van der Waals surface area contributed by atoms with Gasteiger partial charge in [-0.05, 0) is 38.4 Å². The molecule has 9 heteroatoms. The SMILES string of the molecule is C[C@@H](CO)Oc1nc(-c2cnn3ccccc23)nc(O[C@@H]2CCCNC2)c1F. The Morgan fingerprint density at radius 2 is 2.21 bits per heavy atom. The van der Waals surface area contributed by atoms with Crippen molar-refractivity contribution < 1.29 is 19.0 Å². The summed E-state index contributed by atoms with van der Waals surface area (Å²) in [5.41, 5.74) is 1.41. The van der Waals surface area contributed by atoms with Crippen LogP contribution in [0.3, 0.4) is 0 Å². The molecule has 28 heavy (non-hydrogen) atoms. The zero-order valence-corrected chi connectivity index (χ0v) is 15.5. The fourth-order valence-electron chi connectivity index (χ4n) is 3.10. The Hall–Kier alpha value is -2.78. The number of pyridine rings is 1. The van der Waals surface area contributed by atoms with E-state index in [0.29, 0.717) is 12.1 Å². The van der Waals surface area contributed by atoms with E-state index in [1.807, 2.05) is 18.2 Å². The minimum Gasteiger partial charge on any atom is -0.471 e. The summed E-state index contributed by atoms with van der Waals surface area (Å²) in [6, 6.07) is 5.61. The van der Waals surface area contributed by atoms with E-state index >= 15 is 0 Å². The number of fused-ring (bicyclic) bond motifs is 1. The molecular weight excluding hydrogens is 365 g/mol. The summed E-state index contributed by atoms with van der Waals surface area (Å²) in [6.45, 7) is 2.90. The van der Waals surface area contributed by atoms with Crippen molar-refractivity contribution in [1.29, 1.82) is 0 Å². The summed E-state index contributed by atoms with van der Waals surface area (Å²) in [7, 11) is 0. The third-order valence-electron chi connectivity index (χ3n) is 4.56. The first-order valence-corrected chi connectivity index (χ1v) is 9.31. The molecule has 0 radical (unpaired) electrons. The molecule has 1 aliphatic heterocycles. The number of aliphatic hydroxyl groups is 1. The van der Waals surface area contributed by atoms with Gasteiger partial charge in [0.15, 0.2) is 5.82 Å². The summed E-state index contributed by atoms with van der Waals surface area (Å²) in [5, 5.41) is 16.8. The number of ether oxygens (including phenoxy) is 2. The fourth-order valence-corrected chi connectivity index (χ4v) is 3.10. The van der Waals surface area contributed by atoms with Gasteiger partial charge in [0.25, 0.3) is 11.8 Å². The maximum absolute atomic E-state index is 15.0. The number of piperidine rings is 1. The first-order chi connectivity index (χ1) is 13.7. The monoisotopic (exact) mass is 387 g/mol. The molecule has 1 saturated heterocycles. The van der Waals surface area contributed by atoms with Crippen LogP contribution in [0.15, 0.2) is 30.6 Å². The van der Waals surface area contributed by atoms with Crippen LogP contribution < -0.4 is 14.8 Å². The van der Waals surface area contributed by atoms with Crippen LogP contribution >= 0.6 is 0 Å². The van der Waals surface area contributed by atoms with Gasteiger partial charge in [-0.2, -0.15) is 19.5 Å². The van der Waals surface area contributed by atoms with E-state index in [4.69, 9.17) is 9.47 Å². The van der Waals surface area contributed by atoms with E-state index in [-0.39, 0.29) is 30.3 Å². The highest BCUT2D eigenvalue weighted by molar-refractivity contribution is 5.75. The van der Waals surface area contributed by atoms with Crippen molar-refractivity contribution in [3.05, 3.63) is 36.4 Å². The maximum Gasteiger partial charge on any atom is 0.258 e. The molecule has 0 amide bonds. The van der Waals surface area contributed by atoms with E-state index in [2.05, 4.69) is 20.4 Å². The molecule has 1 aliphatic rings. The lowest BCUT2D eigenvalue weighted by molar-refractivity contribution is 0.115. The first kappa shape index (κ1) is 18.6. The minimum atomic E-state index is -0.772. The zero-order valence-electron chi connectivity index (χ0n) is 15.5. The standard InChI is InChI=1S/C19H22FN5O3/c1-12(11-26)27-18-16(20)19(28-13-5-4-7-21-9-13)24-17(23-18)14-10-22-25-8-3-2-6-15(14)25/h2-3,6,8,10,12-13,21,26H,4-5,7,9,11H2,1H3/t12-,13+/m0/s1. The summed E-state index contributed by atoms with van der Waals surface area (Å²) in [5.74, 6) is -0.928. The highest BCUT2D eigenvalue weighted by atomic mass is 19.1. The van der Waals surface area contributed by atoms with Crippen LogP contribution in [0.25, 0.3) is 16.9 Å². The summed E-state index contributed by atoms with van der Waals surface area (Å²) in [4.78, 5) is 8.56. The topological polar surface area (TPSA) is 93.8 Å². The first-order valence-electron chi connectivity index (χ1n) is 9.31. The normalized spacial score (nSPS) is 18.2. The molecule has 148 valence electrons. The van der Waals surface area contributed by atoms with Gasteiger partial charge in [0.05, 0.1) is 23.9 Å². The highest BCUT2D eigenvalue weighted by Crippen LogP contribution is 2.31. The number of rotatable bonds is 6. The molecule has 4 heterocycles. The molecule has 0 spiro atoms. The van der Waals surface area contributed by atoms with Gasteiger partial charge in [0, 0.05) is 12.7 Å².